The number of ether oxygens (including phenoxy) is 1. The van der Waals surface area contributed by atoms with E-state index < -0.39 is 5.97 Å². The normalized spacial score (nSPS) is 13.9. The van der Waals surface area contributed by atoms with E-state index in [9.17, 15) is 14.4 Å². The molecule has 0 radical (unpaired) electrons. The molecule has 0 saturated heterocycles. The zero-order valence-corrected chi connectivity index (χ0v) is 21.9. The summed E-state index contributed by atoms with van der Waals surface area (Å²) in [5.74, 6) is -0.725. The Morgan fingerprint density at radius 1 is 1.11 bits per heavy atom. The van der Waals surface area contributed by atoms with E-state index in [0.29, 0.717) is 61.3 Å². The number of aromatic amines is 1. The fourth-order valence-electron chi connectivity index (χ4n) is 4.16. The van der Waals surface area contributed by atoms with E-state index in [4.69, 9.17) is 27.9 Å². The molecule has 0 fully saturated rings. The molecule has 0 saturated carbocycles. The standard InChI is InChI=1S/C25H19Cl2N3O4Se/c1-12-20(11-17-16-9-14(26)3-5-19(16)29-23(17)31)28-13(2)22(12)25(33)34-8-7-30-24(32)18-10-15(27)4-6-21(18)35-30/h3-6,9-11,28H,7-8H2,1-2H3,(H,29,31)/b17-11-. The number of aromatic nitrogens is 2. The van der Waals surface area contributed by atoms with Crippen molar-refractivity contribution in [3.63, 3.8) is 0 Å². The second kappa shape index (κ2) is 9.21. The molecule has 0 spiro atoms. The number of nitrogens with zero attached hydrogens (tertiary/aromatic N) is 1. The molecular formula is C25H19Cl2N3O4Se. The summed E-state index contributed by atoms with van der Waals surface area (Å²) in [5, 5.41) is 4.47. The van der Waals surface area contributed by atoms with E-state index in [1.165, 1.54) is 0 Å². The van der Waals surface area contributed by atoms with Crippen LogP contribution in [0.25, 0.3) is 21.3 Å². The van der Waals surface area contributed by atoms with Gasteiger partial charge in [0.2, 0.25) is 0 Å². The maximum absolute atomic E-state index is 12.9. The van der Waals surface area contributed by atoms with Crippen LogP contribution in [0.1, 0.15) is 32.9 Å². The van der Waals surface area contributed by atoms with Crippen LogP contribution in [0.15, 0.2) is 41.2 Å². The van der Waals surface area contributed by atoms with E-state index in [1.807, 2.05) is 6.07 Å². The quantitative estimate of drug-likeness (QED) is 0.206. The van der Waals surface area contributed by atoms with Gasteiger partial charge in [-0.3, -0.25) is 0 Å². The molecule has 2 N–H and O–H groups in total. The van der Waals surface area contributed by atoms with Gasteiger partial charge in [-0.05, 0) is 12.1 Å². The first-order valence-corrected chi connectivity index (χ1v) is 13.1. The van der Waals surface area contributed by atoms with Crippen LogP contribution in [-0.2, 0) is 16.1 Å². The van der Waals surface area contributed by atoms with Crippen LogP contribution < -0.4 is 10.9 Å². The molecule has 178 valence electrons. The number of halogens is 2. The Balaban J connectivity index is 1.34. The third-order valence-corrected chi connectivity index (χ3v) is 8.69. The number of hydrogen-bond acceptors (Lipinski definition) is 4. The van der Waals surface area contributed by atoms with Gasteiger partial charge >= 0.3 is 188 Å². The molecule has 3 heterocycles. The summed E-state index contributed by atoms with van der Waals surface area (Å²) in [5.41, 5.74) is 4.11. The minimum absolute atomic E-state index is 0.0722. The number of benzene rings is 2. The van der Waals surface area contributed by atoms with Crippen molar-refractivity contribution in [3.8, 4) is 0 Å². The van der Waals surface area contributed by atoms with E-state index >= 15 is 0 Å². The van der Waals surface area contributed by atoms with Crippen molar-refractivity contribution in [2.75, 3.05) is 11.9 Å². The Hall–Kier alpha value is -3.03. The van der Waals surface area contributed by atoms with Crippen LogP contribution in [0, 0.1) is 13.8 Å². The van der Waals surface area contributed by atoms with Gasteiger partial charge in [0, 0.05) is 5.02 Å². The van der Waals surface area contributed by atoms with Crippen molar-refractivity contribution in [2.24, 2.45) is 0 Å². The van der Waals surface area contributed by atoms with Gasteiger partial charge in [0.1, 0.15) is 0 Å². The fraction of sp³-hybridized carbons (Fsp3) is 0.160. The Morgan fingerprint density at radius 2 is 1.86 bits per heavy atom. The topological polar surface area (TPSA) is 93.2 Å². The average molecular weight is 575 g/mol. The number of hydrogen-bond donors (Lipinski definition) is 2. The number of carbonyl (C=O) groups is 2. The third kappa shape index (κ3) is 4.39. The van der Waals surface area contributed by atoms with Crippen LogP contribution in [0.3, 0.4) is 0 Å². The number of rotatable bonds is 5. The summed E-state index contributed by atoms with van der Waals surface area (Å²) in [6.45, 7) is 3.95. The number of amides is 1. The van der Waals surface area contributed by atoms with Crippen molar-refractivity contribution in [2.45, 2.75) is 20.4 Å². The molecule has 1 aliphatic heterocycles. The summed E-state index contributed by atoms with van der Waals surface area (Å²) in [7, 11) is 0. The van der Waals surface area contributed by atoms with E-state index in [1.54, 1.807) is 53.8 Å². The number of carbonyl (C=O) groups excluding carboxylic acids is 2. The van der Waals surface area contributed by atoms with Crippen LogP contribution in [-0.4, -0.2) is 41.8 Å². The number of fused-ring (bicyclic) bond motifs is 2. The van der Waals surface area contributed by atoms with Crippen molar-refractivity contribution < 1.29 is 14.3 Å². The molecule has 7 nitrogen and oxygen atoms in total. The van der Waals surface area contributed by atoms with Gasteiger partial charge in [0.15, 0.2) is 0 Å². The summed E-state index contributed by atoms with van der Waals surface area (Å²) in [6.07, 6.45) is 1.71. The van der Waals surface area contributed by atoms with Crippen molar-refractivity contribution in [1.82, 2.24) is 8.55 Å². The van der Waals surface area contributed by atoms with Gasteiger partial charge in [-0.15, -0.1) is 0 Å². The van der Waals surface area contributed by atoms with Gasteiger partial charge in [-0.25, -0.2) is 0 Å². The number of aryl methyl sites for hydroxylation is 1. The molecule has 0 atom stereocenters. The van der Waals surface area contributed by atoms with Gasteiger partial charge in [-0.1, -0.05) is 11.6 Å². The van der Waals surface area contributed by atoms with Crippen LogP contribution in [0.4, 0.5) is 5.69 Å². The molecule has 2 aromatic heterocycles. The molecule has 5 rings (SSSR count). The molecular weight excluding hydrogens is 556 g/mol. The second-order valence-electron chi connectivity index (χ2n) is 8.14. The second-order valence-corrected chi connectivity index (χ2v) is 11.2. The molecule has 10 heteroatoms. The van der Waals surface area contributed by atoms with Gasteiger partial charge in [0.05, 0.1) is 0 Å². The molecule has 1 amide bonds. The summed E-state index contributed by atoms with van der Waals surface area (Å²) >= 11 is 11.9. The number of anilines is 1. The Labute approximate surface area is 216 Å². The van der Waals surface area contributed by atoms with Crippen molar-refractivity contribution >= 4 is 76.8 Å². The van der Waals surface area contributed by atoms with E-state index in [-0.39, 0.29) is 32.8 Å². The molecule has 0 unspecified atom stereocenters. The SMILES string of the molecule is Cc1[nH]c(/C=C2\C(=O)Nc3ccc(Cl)cc32)c(C)c1C(=O)OCCn1[se]c2ccc(Cl)cc2c1=O. The zero-order valence-electron chi connectivity index (χ0n) is 18.7. The molecule has 4 aromatic rings. The summed E-state index contributed by atoms with van der Waals surface area (Å²) in [4.78, 5) is 41.2. The monoisotopic (exact) mass is 575 g/mol. The van der Waals surface area contributed by atoms with Gasteiger partial charge < -0.3 is 0 Å². The minimum atomic E-state index is -0.486. The first-order valence-electron chi connectivity index (χ1n) is 10.7. The molecule has 35 heavy (non-hydrogen) atoms. The summed E-state index contributed by atoms with van der Waals surface area (Å²) in [6, 6.07) is 10.5. The van der Waals surface area contributed by atoms with Crippen LogP contribution in [0.2, 0.25) is 10.0 Å². The molecule has 1 aliphatic rings. The molecule has 2 aromatic carbocycles. The van der Waals surface area contributed by atoms with Gasteiger partial charge in [-0.2, -0.15) is 0 Å². The maximum atomic E-state index is 12.9. The van der Waals surface area contributed by atoms with Gasteiger partial charge in [0.25, 0.3) is 0 Å². The predicted molar refractivity (Wildman–Crippen MR) is 139 cm³/mol. The number of H-pyrrole nitrogens is 1. The third-order valence-electron chi connectivity index (χ3n) is 5.87. The summed E-state index contributed by atoms with van der Waals surface area (Å²) < 4.78 is 8.17. The zero-order chi connectivity index (χ0) is 24.9. The van der Waals surface area contributed by atoms with E-state index in [0.717, 1.165) is 4.26 Å². The Kier molecular flexibility index (Phi) is 6.23. The number of esters is 1. The van der Waals surface area contributed by atoms with Crippen molar-refractivity contribution in [3.05, 3.63) is 84.9 Å². The first kappa shape index (κ1) is 23.7. The first-order chi connectivity index (χ1) is 16.7. The van der Waals surface area contributed by atoms with Crippen molar-refractivity contribution in [1.29, 1.82) is 0 Å². The number of nitrogens with one attached hydrogen (secondary N) is 2. The average Bonchev–Trinajstić information content (AvgIpc) is 3.39. The molecule has 0 aliphatic carbocycles. The predicted octanol–water partition coefficient (Wildman–Crippen LogP) is 4.66. The van der Waals surface area contributed by atoms with Crippen LogP contribution in [0.5, 0.6) is 0 Å². The fourth-order valence-corrected chi connectivity index (χ4v) is 6.51. The Bertz CT molecular complexity index is 1610. The van der Waals surface area contributed by atoms with E-state index in [2.05, 4.69) is 10.3 Å². The Morgan fingerprint density at radius 3 is 2.66 bits per heavy atom. The van der Waals surface area contributed by atoms with Crippen LogP contribution >= 0.6 is 23.2 Å². The molecule has 0 bridgehead atoms.